The molecule has 148 valence electrons. The van der Waals surface area contributed by atoms with Crippen LogP contribution < -0.4 is 0 Å². The van der Waals surface area contributed by atoms with Crippen LogP contribution in [0.4, 0.5) is 5.69 Å². The van der Waals surface area contributed by atoms with E-state index in [-0.39, 0.29) is 34.1 Å². The van der Waals surface area contributed by atoms with Gasteiger partial charge in [0.25, 0.3) is 0 Å². The SMILES string of the molecule is Cc1ccc(C(=O)c2c(C)nc(-c3ccccc3)c([N+](=O)[O-])c2-c2ccco2)cc1. The van der Waals surface area contributed by atoms with E-state index in [0.717, 1.165) is 5.56 Å². The molecule has 0 aliphatic carbocycles. The average Bonchev–Trinajstić information content (AvgIpc) is 3.28. The normalized spacial score (nSPS) is 10.7. The molecule has 0 bridgehead atoms. The van der Waals surface area contributed by atoms with Crippen molar-refractivity contribution in [3.63, 3.8) is 0 Å². The fraction of sp³-hybridized carbons (Fsp3) is 0.0833. The van der Waals surface area contributed by atoms with Crippen molar-refractivity contribution >= 4 is 11.5 Å². The molecule has 6 heteroatoms. The van der Waals surface area contributed by atoms with Gasteiger partial charge < -0.3 is 4.42 Å². The number of hydrogen-bond acceptors (Lipinski definition) is 5. The Labute approximate surface area is 173 Å². The molecule has 0 spiro atoms. The minimum atomic E-state index is -0.501. The summed E-state index contributed by atoms with van der Waals surface area (Å²) in [4.78, 5) is 29.6. The van der Waals surface area contributed by atoms with Crippen LogP contribution in [0.2, 0.25) is 0 Å². The highest BCUT2D eigenvalue weighted by molar-refractivity contribution is 6.15. The number of carbonyl (C=O) groups excluding carboxylic acids is 1. The molecule has 2 heterocycles. The third-order valence-corrected chi connectivity index (χ3v) is 4.89. The van der Waals surface area contributed by atoms with Crippen molar-refractivity contribution in [1.29, 1.82) is 0 Å². The van der Waals surface area contributed by atoms with Crippen LogP contribution in [0, 0.1) is 24.0 Å². The monoisotopic (exact) mass is 398 g/mol. The van der Waals surface area contributed by atoms with E-state index in [1.165, 1.54) is 6.26 Å². The van der Waals surface area contributed by atoms with E-state index in [4.69, 9.17) is 4.42 Å². The van der Waals surface area contributed by atoms with Gasteiger partial charge in [-0.05, 0) is 26.0 Å². The van der Waals surface area contributed by atoms with E-state index in [0.29, 0.717) is 16.8 Å². The van der Waals surface area contributed by atoms with Crippen LogP contribution in [0.3, 0.4) is 0 Å². The highest BCUT2D eigenvalue weighted by atomic mass is 16.6. The Balaban J connectivity index is 2.06. The van der Waals surface area contributed by atoms with Crippen molar-refractivity contribution in [1.82, 2.24) is 4.98 Å². The Hall–Kier alpha value is -4.06. The fourth-order valence-corrected chi connectivity index (χ4v) is 3.46. The zero-order valence-corrected chi connectivity index (χ0v) is 16.5. The number of aromatic nitrogens is 1. The topological polar surface area (TPSA) is 86.2 Å². The summed E-state index contributed by atoms with van der Waals surface area (Å²) in [6, 6.07) is 19.2. The molecule has 0 amide bonds. The van der Waals surface area contributed by atoms with Crippen LogP contribution >= 0.6 is 0 Å². The van der Waals surface area contributed by atoms with Gasteiger partial charge in [-0.1, -0.05) is 60.2 Å². The lowest BCUT2D eigenvalue weighted by Crippen LogP contribution is -2.11. The Morgan fingerprint density at radius 1 is 0.967 bits per heavy atom. The zero-order valence-electron chi connectivity index (χ0n) is 16.5. The van der Waals surface area contributed by atoms with Crippen molar-refractivity contribution in [3.8, 4) is 22.6 Å². The summed E-state index contributed by atoms with van der Waals surface area (Å²) in [5.74, 6) is -0.0889. The quantitative estimate of drug-likeness (QED) is 0.242. The number of pyridine rings is 1. The van der Waals surface area contributed by atoms with Crippen LogP contribution in [-0.2, 0) is 0 Å². The molecule has 4 aromatic rings. The summed E-state index contributed by atoms with van der Waals surface area (Å²) in [6.45, 7) is 3.61. The van der Waals surface area contributed by atoms with Crippen LogP contribution in [0.5, 0.6) is 0 Å². The lowest BCUT2D eigenvalue weighted by atomic mass is 9.92. The molecule has 0 atom stereocenters. The Kier molecular flexibility index (Phi) is 4.98. The van der Waals surface area contributed by atoms with Crippen molar-refractivity contribution in [2.24, 2.45) is 0 Å². The molecular weight excluding hydrogens is 380 g/mol. The maximum atomic E-state index is 13.4. The molecule has 0 saturated heterocycles. The van der Waals surface area contributed by atoms with Crippen LogP contribution in [0.15, 0.2) is 77.4 Å². The molecule has 0 aliphatic rings. The Morgan fingerprint density at radius 3 is 2.27 bits per heavy atom. The predicted molar refractivity (Wildman–Crippen MR) is 113 cm³/mol. The van der Waals surface area contributed by atoms with Crippen molar-refractivity contribution < 1.29 is 14.1 Å². The molecule has 0 aliphatic heterocycles. The number of benzene rings is 2. The van der Waals surface area contributed by atoms with Crippen molar-refractivity contribution in [2.75, 3.05) is 0 Å². The molecule has 4 rings (SSSR count). The summed E-state index contributed by atoms with van der Waals surface area (Å²) < 4.78 is 5.52. The largest absolute Gasteiger partial charge is 0.464 e. The smallest absolute Gasteiger partial charge is 0.307 e. The molecule has 30 heavy (non-hydrogen) atoms. The van der Waals surface area contributed by atoms with Crippen molar-refractivity contribution in [3.05, 3.63) is 105 Å². The first-order chi connectivity index (χ1) is 14.5. The van der Waals surface area contributed by atoms with Crippen LogP contribution in [0.25, 0.3) is 22.6 Å². The maximum absolute atomic E-state index is 13.4. The van der Waals surface area contributed by atoms with Gasteiger partial charge in [0, 0.05) is 11.1 Å². The first-order valence-corrected chi connectivity index (χ1v) is 9.37. The van der Waals surface area contributed by atoms with Gasteiger partial charge in [0.1, 0.15) is 17.0 Å². The molecule has 2 aromatic carbocycles. The number of carbonyl (C=O) groups is 1. The van der Waals surface area contributed by atoms with E-state index >= 15 is 0 Å². The van der Waals surface area contributed by atoms with Gasteiger partial charge in [0.05, 0.1) is 22.4 Å². The van der Waals surface area contributed by atoms with Gasteiger partial charge in [-0.15, -0.1) is 0 Å². The molecule has 0 saturated carbocycles. The van der Waals surface area contributed by atoms with Gasteiger partial charge in [-0.25, -0.2) is 4.98 Å². The lowest BCUT2D eigenvalue weighted by Gasteiger charge is -2.14. The van der Waals surface area contributed by atoms with Gasteiger partial charge in [-0.2, -0.15) is 0 Å². The highest BCUT2D eigenvalue weighted by Gasteiger charge is 2.33. The van der Waals surface area contributed by atoms with Crippen LogP contribution in [0.1, 0.15) is 27.2 Å². The van der Waals surface area contributed by atoms with Crippen molar-refractivity contribution in [2.45, 2.75) is 13.8 Å². The Bertz CT molecular complexity index is 1230. The summed E-state index contributed by atoms with van der Waals surface area (Å²) >= 11 is 0. The molecule has 6 nitrogen and oxygen atoms in total. The molecule has 0 N–H and O–H groups in total. The average molecular weight is 398 g/mol. The first-order valence-electron chi connectivity index (χ1n) is 9.37. The molecule has 0 radical (unpaired) electrons. The first kappa shape index (κ1) is 19.3. The van der Waals surface area contributed by atoms with E-state index in [9.17, 15) is 14.9 Å². The molecule has 0 fully saturated rings. The number of nitro groups is 1. The van der Waals surface area contributed by atoms with E-state index in [2.05, 4.69) is 4.98 Å². The van der Waals surface area contributed by atoms with E-state index < -0.39 is 4.92 Å². The Morgan fingerprint density at radius 2 is 1.67 bits per heavy atom. The van der Waals surface area contributed by atoms with E-state index in [1.54, 1.807) is 55.5 Å². The zero-order chi connectivity index (χ0) is 21.3. The number of rotatable bonds is 5. The molecule has 2 aromatic heterocycles. The number of nitrogens with zero attached hydrogens (tertiary/aromatic N) is 2. The fourth-order valence-electron chi connectivity index (χ4n) is 3.46. The third kappa shape index (κ3) is 3.39. The molecule has 0 unspecified atom stereocenters. The van der Waals surface area contributed by atoms with Gasteiger partial charge in [-0.3, -0.25) is 14.9 Å². The second kappa shape index (κ2) is 7.75. The number of aryl methyl sites for hydroxylation is 2. The predicted octanol–water partition coefficient (Wildman–Crippen LogP) is 5.76. The second-order valence-corrected chi connectivity index (χ2v) is 6.94. The van der Waals surface area contributed by atoms with Gasteiger partial charge in [0.2, 0.25) is 0 Å². The maximum Gasteiger partial charge on any atom is 0.307 e. The standard InChI is InChI=1S/C24H18N2O4/c1-15-10-12-18(13-11-15)24(27)20-16(2)25-22(17-7-4-3-5-8-17)23(26(28)29)21(20)19-9-6-14-30-19/h3-14H,1-2H3. The summed E-state index contributed by atoms with van der Waals surface area (Å²) in [6.07, 6.45) is 1.43. The summed E-state index contributed by atoms with van der Waals surface area (Å²) in [7, 11) is 0. The number of furan rings is 1. The molecular formula is C24H18N2O4. The summed E-state index contributed by atoms with van der Waals surface area (Å²) in [5.41, 5.74) is 2.69. The van der Waals surface area contributed by atoms with Gasteiger partial charge in [0.15, 0.2) is 5.78 Å². The van der Waals surface area contributed by atoms with Gasteiger partial charge >= 0.3 is 5.69 Å². The highest BCUT2D eigenvalue weighted by Crippen LogP contribution is 2.41. The summed E-state index contributed by atoms with van der Waals surface area (Å²) in [5, 5.41) is 12.2. The lowest BCUT2D eigenvalue weighted by molar-refractivity contribution is -0.383. The van der Waals surface area contributed by atoms with E-state index in [1.807, 2.05) is 25.1 Å². The third-order valence-electron chi connectivity index (χ3n) is 4.89. The minimum absolute atomic E-state index is 0.141. The van der Waals surface area contributed by atoms with Crippen LogP contribution in [-0.4, -0.2) is 15.7 Å². The minimum Gasteiger partial charge on any atom is -0.464 e. The number of hydrogen-bond donors (Lipinski definition) is 0. The second-order valence-electron chi connectivity index (χ2n) is 6.94. The number of ketones is 1.